The van der Waals surface area contributed by atoms with Crippen LogP contribution >= 0.6 is 24.0 Å². The van der Waals surface area contributed by atoms with Gasteiger partial charge >= 0.3 is 0 Å². The number of carbonyl (C=O) groups is 1. The lowest BCUT2D eigenvalue weighted by atomic mass is 9.78. The molecule has 1 atom stereocenters. The number of amides is 1. The second-order valence-electron chi connectivity index (χ2n) is 8.58. The first-order valence-electron chi connectivity index (χ1n) is 10.4. The number of anilines is 1. The lowest BCUT2D eigenvalue weighted by Gasteiger charge is -2.30. The van der Waals surface area contributed by atoms with Crippen LogP contribution in [0, 0.1) is 11.3 Å². The van der Waals surface area contributed by atoms with Gasteiger partial charge < -0.3 is 16.0 Å². The quantitative estimate of drug-likeness (QED) is 0.308. The van der Waals surface area contributed by atoms with Gasteiger partial charge in [0.05, 0.1) is 0 Å². The van der Waals surface area contributed by atoms with E-state index in [1.54, 1.807) is 0 Å². The highest BCUT2D eigenvalue weighted by Gasteiger charge is 2.31. The normalized spacial score (nSPS) is 20.2. The van der Waals surface area contributed by atoms with Crippen LogP contribution in [-0.2, 0) is 4.79 Å². The summed E-state index contributed by atoms with van der Waals surface area (Å²) in [5.74, 6) is 1.89. The average molecular weight is 498 g/mol. The number of para-hydroxylation sites is 1. The number of rotatable bonds is 6. The molecule has 1 saturated carbocycles. The molecule has 1 unspecified atom stereocenters. The summed E-state index contributed by atoms with van der Waals surface area (Å²) in [5.41, 5.74) is 2.37. The molecule has 1 fully saturated rings. The van der Waals surface area contributed by atoms with Crippen molar-refractivity contribution in [2.75, 3.05) is 25.0 Å². The maximum absolute atomic E-state index is 12.0. The molecule has 0 bridgehead atoms. The topological polar surface area (TPSA) is 65.5 Å². The Kier molecular flexibility index (Phi) is 8.58. The molecule has 1 aromatic rings. The van der Waals surface area contributed by atoms with Crippen molar-refractivity contribution >= 4 is 41.5 Å². The van der Waals surface area contributed by atoms with Gasteiger partial charge in [-0.25, -0.2) is 0 Å². The Balaban J connectivity index is 0.00000280. The van der Waals surface area contributed by atoms with Gasteiger partial charge in [0, 0.05) is 37.7 Å². The molecule has 1 aliphatic carbocycles. The molecule has 1 amide bonds. The second-order valence-corrected chi connectivity index (χ2v) is 8.58. The van der Waals surface area contributed by atoms with Gasteiger partial charge in [0.25, 0.3) is 0 Å². The van der Waals surface area contributed by atoms with E-state index in [-0.39, 0.29) is 41.2 Å². The van der Waals surface area contributed by atoms with E-state index in [0.29, 0.717) is 13.0 Å². The smallest absolute Gasteiger partial charge is 0.225 e. The predicted molar refractivity (Wildman–Crippen MR) is 128 cm³/mol. The third kappa shape index (κ3) is 5.84. The molecular formula is C22H35IN4O. The molecular weight excluding hydrogens is 463 g/mol. The molecule has 6 heteroatoms. The van der Waals surface area contributed by atoms with E-state index in [0.717, 1.165) is 30.7 Å². The number of halogens is 1. The van der Waals surface area contributed by atoms with E-state index >= 15 is 0 Å². The number of hydrogen-bond donors (Lipinski definition) is 3. The number of hydrogen-bond acceptors (Lipinski definition) is 2. The van der Waals surface area contributed by atoms with Crippen molar-refractivity contribution in [1.29, 1.82) is 0 Å². The highest BCUT2D eigenvalue weighted by atomic mass is 127. The average Bonchev–Trinajstić information content (AvgIpc) is 3.19. The van der Waals surface area contributed by atoms with E-state index in [4.69, 9.17) is 4.99 Å². The molecule has 3 N–H and O–H groups in total. The lowest BCUT2D eigenvalue weighted by molar-refractivity contribution is -0.116. The highest BCUT2D eigenvalue weighted by molar-refractivity contribution is 14.0. The fraction of sp³-hybridized carbons (Fsp3) is 0.636. The van der Waals surface area contributed by atoms with Crippen molar-refractivity contribution in [3.8, 4) is 0 Å². The number of nitrogens with one attached hydrogen (secondary N) is 3. The zero-order chi connectivity index (χ0) is 19.3. The minimum absolute atomic E-state index is 0. The Morgan fingerprint density at radius 3 is 2.64 bits per heavy atom. The Morgan fingerprint density at radius 1 is 1.21 bits per heavy atom. The minimum atomic E-state index is 0. The summed E-state index contributed by atoms with van der Waals surface area (Å²) in [6.07, 6.45) is 5.90. The molecule has 1 heterocycles. The summed E-state index contributed by atoms with van der Waals surface area (Å²) >= 11 is 0. The van der Waals surface area contributed by atoms with Crippen molar-refractivity contribution in [2.24, 2.45) is 16.3 Å². The predicted octanol–water partition coefficient (Wildman–Crippen LogP) is 4.50. The van der Waals surface area contributed by atoms with Gasteiger partial charge in [0.1, 0.15) is 0 Å². The van der Waals surface area contributed by atoms with E-state index in [1.165, 1.54) is 31.2 Å². The zero-order valence-electron chi connectivity index (χ0n) is 17.4. The zero-order valence-corrected chi connectivity index (χ0v) is 19.7. The summed E-state index contributed by atoms with van der Waals surface area (Å²) in [6.45, 7) is 9.14. The molecule has 0 saturated heterocycles. The summed E-state index contributed by atoms with van der Waals surface area (Å²) in [7, 11) is 0. The van der Waals surface area contributed by atoms with Gasteiger partial charge in [-0.15, -0.1) is 24.0 Å². The molecule has 28 heavy (non-hydrogen) atoms. The molecule has 5 nitrogen and oxygen atoms in total. The Bertz CT molecular complexity index is 683. The summed E-state index contributed by atoms with van der Waals surface area (Å²) in [5, 5.41) is 9.80. The fourth-order valence-corrected chi connectivity index (χ4v) is 4.36. The van der Waals surface area contributed by atoms with Gasteiger partial charge in [-0.2, -0.15) is 0 Å². The third-order valence-corrected chi connectivity index (χ3v) is 6.07. The highest BCUT2D eigenvalue weighted by Crippen LogP contribution is 2.39. The largest absolute Gasteiger partial charge is 0.357 e. The number of guanidine groups is 1. The Hall–Kier alpha value is -1.31. The maximum Gasteiger partial charge on any atom is 0.225 e. The summed E-state index contributed by atoms with van der Waals surface area (Å²) in [6, 6.07) is 8.08. The van der Waals surface area contributed by atoms with Crippen molar-refractivity contribution in [3.05, 3.63) is 29.8 Å². The molecule has 156 valence electrons. The third-order valence-electron chi connectivity index (χ3n) is 6.07. The van der Waals surface area contributed by atoms with Gasteiger partial charge in [-0.3, -0.25) is 9.79 Å². The van der Waals surface area contributed by atoms with Gasteiger partial charge in [0.2, 0.25) is 5.91 Å². The van der Waals surface area contributed by atoms with Gasteiger partial charge in [-0.1, -0.05) is 44.9 Å². The van der Waals surface area contributed by atoms with Crippen LogP contribution < -0.4 is 16.0 Å². The SMILES string of the molecule is CCNC(=NCC(C)(C)C1CCCC1)NCC1CC(=O)Nc2ccccc21.I. The van der Waals surface area contributed by atoms with Crippen LogP contribution in [0.1, 0.15) is 64.4 Å². The van der Waals surface area contributed by atoms with Crippen molar-refractivity contribution in [3.63, 3.8) is 0 Å². The number of carbonyl (C=O) groups excluding carboxylic acids is 1. The van der Waals surface area contributed by atoms with E-state index in [2.05, 4.69) is 42.8 Å². The molecule has 0 spiro atoms. The number of aliphatic imine (C=N–C) groups is 1. The van der Waals surface area contributed by atoms with Crippen LogP contribution in [0.2, 0.25) is 0 Å². The Morgan fingerprint density at radius 2 is 1.93 bits per heavy atom. The molecule has 3 rings (SSSR count). The first-order valence-corrected chi connectivity index (χ1v) is 10.4. The van der Waals surface area contributed by atoms with Crippen LogP contribution in [-0.4, -0.2) is 31.5 Å². The van der Waals surface area contributed by atoms with E-state index < -0.39 is 0 Å². The second kappa shape index (κ2) is 10.5. The molecule has 1 aliphatic heterocycles. The molecule has 1 aromatic carbocycles. The first kappa shape index (κ1) is 23.0. The molecule has 0 radical (unpaired) electrons. The summed E-state index contributed by atoms with van der Waals surface area (Å²) < 4.78 is 0. The number of nitrogens with zero attached hydrogens (tertiary/aromatic N) is 1. The minimum Gasteiger partial charge on any atom is -0.357 e. The van der Waals surface area contributed by atoms with Crippen molar-refractivity contribution < 1.29 is 4.79 Å². The number of benzene rings is 1. The number of fused-ring (bicyclic) bond motifs is 1. The Labute approximate surface area is 186 Å². The molecule has 2 aliphatic rings. The van der Waals surface area contributed by atoms with Gasteiger partial charge in [0.15, 0.2) is 5.96 Å². The van der Waals surface area contributed by atoms with E-state index in [9.17, 15) is 4.79 Å². The van der Waals surface area contributed by atoms with Crippen molar-refractivity contribution in [2.45, 2.75) is 58.8 Å². The monoisotopic (exact) mass is 498 g/mol. The van der Waals surface area contributed by atoms with Gasteiger partial charge in [-0.05, 0) is 42.7 Å². The van der Waals surface area contributed by atoms with Crippen LogP contribution in [0.25, 0.3) is 0 Å². The fourth-order valence-electron chi connectivity index (χ4n) is 4.36. The van der Waals surface area contributed by atoms with Crippen molar-refractivity contribution in [1.82, 2.24) is 10.6 Å². The summed E-state index contributed by atoms with van der Waals surface area (Å²) in [4.78, 5) is 16.9. The van der Waals surface area contributed by atoms with E-state index in [1.807, 2.05) is 18.2 Å². The lowest BCUT2D eigenvalue weighted by Crippen LogP contribution is -2.41. The first-order chi connectivity index (χ1) is 13.0. The van der Waals surface area contributed by atoms with Crippen LogP contribution in [0.3, 0.4) is 0 Å². The standard InChI is InChI=1S/C22H34N4O.HI/c1-4-23-21(25-15-22(2,3)17-9-5-6-10-17)24-14-16-13-20(27)26-19-12-8-7-11-18(16)19;/h7-8,11-12,16-17H,4-6,9-10,13-15H2,1-3H3,(H,26,27)(H2,23,24,25);1H. The maximum atomic E-state index is 12.0. The molecule has 0 aromatic heterocycles. The van der Waals surface area contributed by atoms with Crippen LogP contribution in [0.4, 0.5) is 5.69 Å². The van der Waals surface area contributed by atoms with Crippen LogP contribution in [0.5, 0.6) is 0 Å². The van der Waals surface area contributed by atoms with Crippen LogP contribution in [0.15, 0.2) is 29.3 Å².